The van der Waals surface area contributed by atoms with Crippen LogP contribution in [0.1, 0.15) is 41.0 Å². The molecule has 0 radical (unpaired) electrons. The summed E-state index contributed by atoms with van der Waals surface area (Å²) in [5.41, 5.74) is 5.78. The van der Waals surface area contributed by atoms with Gasteiger partial charge in [0.1, 0.15) is 0 Å². The van der Waals surface area contributed by atoms with Crippen LogP contribution in [0.15, 0.2) is 29.3 Å². The van der Waals surface area contributed by atoms with Gasteiger partial charge in [-0.1, -0.05) is 42.8 Å². The van der Waals surface area contributed by atoms with Crippen molar-refractivity contribution in [2.45, 2.75) is 25.7 Å². The van der Waals surface area contributed by atoms with Crippen molar-refractivity contribution in [3.8, 4) is 0 Å². The van der Waals surface area contributed by atoms with Crippen molar-refractivity contribution in [3.63, 3.8) is 0 Å². The second-order valence-electron chi connectivity index (χ2n) is 5.74. The summed E-state index contributed by atoms with van der Waals surface area (Å²) in [4.78, 5) is 12.4. The van der Waals surface area contributed by atoms with Gasteiger partial charge in [-0.15, -0.1) is 0 Å². The predicted molar refractivity (Wildman–Crippen MR) is 92.2 cm³/mol. The van der Waals surface area contributed by atoms with Gasteiger partial charge in [0.25, 0.3) is 5.91 Å². The highest BCUT2D eigenvalue weighted by molar-refractivity contribution is 6.38. The summed E-state index contributed by atoms with van der Waals surface area (Å²) in [6.45, 7) is 9.25. The van der Waals surface area contributed by atoms with E-state index in [2.05, 4.69) is 23.7 Å². The Labute approximate surface area is 145 Å². The maximum absolute atomic E-state index is 12.4. The molecular formula is C16H18Cl2N4O. The van der Waals surface area contributed by atoms with Crippen molar-refractivity contribution >= 4 is 34.8 Å². The van der Waals surface area contributed by atoms with E-state index in [1.807, 2.05) is 5.01 Å². The smallest absolute Gasteiger partial charge is 0.283 e. The van der Waals surface area contributed by atoms with Gasteiger partial charge in [-0.05, 0) is 18.9 Å². The number of carbonyl (C=O) groups excluding carboxylic acids is 1. The molecule has 2 aliphatic rings. The number of hydrogen-bond acceptors (Lipinski definition) is 3. The number of amides is 1. The van der Waals surface area contributed by atoms with Gasteiger partial charge in [-0.25, -0.2) is 9.69 Å². The molecule has 5 nitrogen and oxygen atoms in total. The normalized spacial score (nSPS) is 17.6. The topological polar surface area (TPSA) is 50.2 Å². The summed E-state index contributed by atoms with van der Waals surface area (Å²) in [5.74, 6) is -0.172. The van der Waals surface area contributed by atoms with Crippen LogP contribution in [-0.4, -0.2) is 33.8 Å². The minimum Gasteiger partial charge on any atom is -0.283 e. The first-order chi connectivity index (χ1) is 11.0. The Bertz CT molecular complexity index is 714. The zero-order valence-corrected chi connectivity index (χ0v) is 14.3. The summed E-state index contributed by atoms with van der Waals surface area (Å²) in [5, 5.41) is 6.97. The third kappa shape index (κ3) is 3.52. The van der Waals surface area contributed by atoms with Crippen molar-refractivity contribution in [1.82, 2.24) is 20.2 Å². The molecule has 1 fully saturated rings. The third-order valence-electron chi connectivity index (χ3n) is 3.95. The first kappa shape index (κ1) is 16.3. The minimum atomic E-state index is -0.172. The summed E-state index contributed by atoms with van der Waals surface area (Å²) < 4.78 is 1.61. The Hall–Kier alpha value is -1.56. The van der Waals surface area contributed by atoms with Crippen LogP contribution in [0.3, 0.4) is 0 Å². The number of hydrogen-bond donors (Lipinski definition) is 1. The number of nitrogens with zero attached hydrogens (tertiary/aromatic N) is 3. The number of piperidine rings is 1. The quantitative estimate of drug-likeness (QED) is 0.840. The van der Waals surface area contributed by atoms with Gasteiger partial charge < -0.3 is 0 Å². The van der Waals surface area contributed by atoms with Crippen molar-refractivity contribution in [2.24, 2.45) is 0 Å². The molecule has 0 saturated carbocycles. The molecule has 23 heavy (non-hydrogen) atoms. The van der Waals surface area contributed by atoms with Crippen LogP contribution >= 0.6 is 23.2 Å². The SMILES string of the molecule is C=C(Cl)C=C(Cl)C(=C)n1nc(C(=O)NN2CCCCC2)c2c1C2. The van der Waals surface area contributed by atoms with E-state index in [1.54, 1.807) is 4.68 Å². The number of carbonyl (C=O) groups is 1. The highest BCUT2D eigenvalue weighted by Crippen LogP contribution is 2.35. The molecule has 0 aromatic carbocycles. The number of hydrazine groups is 1. The van der Waals surface area contributed by atoms with E-state index in [9.17, 15) is 4.79 Å². The lowest BCUT2D eigenvalue weighted by Crippen LogP contribution is -2.45. The van der Waals surface area contributed by atoms with Crippen molar-refractivity contribution in [1.29, 1.82) is 0 Å². The van der Waals surface area contributed by atoms with Crippen LogP contribution < -0.4 is 5.43 Å². The lowest BCUT2D eigenvalue weighted by atomic mass is 10.2. The molecule has 0 unspecified atom stereocenters. The summed E-state index contributed by atoms with van der Waals surface area (Å²) >= 11 is 11.9. The van der Waals surface area contributed by atoms with Gasteiger partial charge in [0.05, 0.1) is 16.4 Å². The molecule has 122 valence electrons. The molecule has 1 aliphatic carbocycles. The highest BCUT2D eigenvalue weighted by atomic mass is 35.5. The maximum Gasteiger partial charge on any atom is 0.286 e. The van der Waals surface area contributed by atoms with Gasteiger partial charge in [0.2, 0.25) is 0 Å². The van der Waals surface area contributed by atoms with Crippen molar-refractivity contribution in [2.75, 3.05) is 13.1 Å². The van der Waals surface area contributed by atoms with E-state index >= 15 is 0 Å². The Kier molecular flexibility index (Phi) is 4.62. The van der Waals surface area contributed by atoms with Crippen LogP contribution in [0.4, 0.5) is 0 Å². The van der Waals surface area contributed by atoms with Gasteiger partial charge >= 0.3 is 0 Å². The molecule has 1 amide bonds. The Morgan fingerprint density at radius 1 is 1.22 bits per heavy atom. The van der Waals surface area contributed by atoms with E-state index in [0.717, 1.165) is 43.6 Å². The molecule has 7 heteroatoms. The number of fused-ring (bicyclic) bond motifs is 1. The molecule has 2 heterocycles. The molecule has 1 aliphatic heterocycles. The van der Waals surface area contributed by atoms with E-state index in [0.29, 0.717) is 21.5 Å². The Morgan fingerprint density at radius 3 is 2.57 bits per heavy atom. The summed E-state index contributed by atoms with van der Waals surface area (Å²) in [6, 6.07) is 0. The minimum absolute atomic E-state index is 0.172. The largest absolute Gasteiger partial charge is 0.286 e. The van der Waals surface area contributed by atoms with E-state index in [1.165, 1.54) is 12.5 Å². The highest BCUT2D eigenvalue weighted by Gasteiger charge is 2.34. The van der Waals surface area contributed by atoms with Gasteiger partial charge in [0.15, 0.2) is 5.69 Å². The monoisotopic (exact) mass is 352 g/mol. The van der Waals surface area contributed by atoms with Crippen LogP contribution in [0.5, 0.6) is 0 Å². The van der Waals surface area contributed by atoms with E-state index < -0.39 is 0 Å². The second-order valence-corrected chi connectivity index (χ2v) is 6.63. The second kappa shape index (κ2) is 6.51. The predicted octanol–water partition coefficient (Wildman–Crippen LogP) is 3.26. The van der Waals surface area contributed by atoms with E-state index in [4.69, 9.17) is 23.2 Å². The third-order valence-corrected chi connectivity index (χ3v) is 4.39. The standard InChI is InChI=1S/C16H18Cl2N4O/c1-10(17)8-13(18)11(2)22-14-9-12(14)15(19-22)16(23)20-21-6-4-3-5-7-21/h8H,1-7,9H2,(H,20,23). The number of halogens is 2. The molecule has 1 aromatic heterocycles. The van der Waals surface area contributed by atoms with Crippen LogP contribution in [0.25, 0.3) is 5.70 Å². The van der Waals surface area contributed by atoms with Gasteiger partial charge in [0, 0.05) is 30.1 Å². The van der Waals surface area contributed by atoms with Crippen LogP contribution in [0, 0.1) is 0 Å². The fourth-order valence-electron chi connectivity index (χ4n) is 2.70. The molecular weight excluding hydrogens is 335 g/mol. The van der Waals surface area contributed by atoms with Crippen molar-refractivity contribution < 1.29 is 4.79 Å². The average Bonchev–Trinajstić information content (AvgIpc) is 3.20. The number of allylic oxidation sites excluding steroid dienone is 4. The van der Waals surface area contributed by atoms with Gasteiger partial charge in [-0.3, -0.25) is 10.2 Å². The van der Waals surface area contributed by atoms with Gasteiger partial charge in [-0.2, -0.15) is 5.10 Å². The summed E-state index contributed by atoms with van der Waals surface area (Å²) in [6.07, 6.45) is 5.66. The molecule has 0 bridgehead atoms. The average molecular weight is 353 g/mol. The molecule has 1 N–H and O–H groups in total. The van der Waals surface area contributed by atoms with Crippen molar-refractivity contribution in [3.05, 3.63) is 46.2 Å². The van der Waals surface area contributed by atoms with Crippen LogP contribution in [-0.2, 0) is 6.42 Å². The Balaban J connectivity index is 1.74. The fraction of sp³-hybridized carbons (Fsp3) is 0.375. The zero-order chi connectivity index (χ0) is 16.6. The molecule has 0 atom stereocenters. The zero-order valence-electron chi connectivity index (χ0n) is 12.7. The molecule has 1 saturated heterocycles. The Morgan fingerprint density at radius 2 is 1.91 bits per heavy atom. The number of rotatable bonds is 5. The number of nitrogens with one attached hydrogen (secondary N) is 1. The van der Waals surface area contributed by atoms with E-state index in [-0.39, 0.29) is 5.91 Å². The first-order valence-corrected chi connectivity index (χ1v) is 8.31. The maximum atomic E-state index is 12.4. The lowest BCUT2D eigenvalue weighted by Gasteiger charge is -2.26. The summed E-state index contributed by atoms with van der Waals surface area (Å²) in [7, 11) is 0. The first-order valence-electron chi connectivity index (χ1n) is 7.55. The fourth-order valence-corrected chi connectivity index (χ4v) is 3.07. The molecule has 0 spiro atoms. The molecule has 1 aromatic rings. The van der Waals surface area contributed by atoms with Crippen LogP contribution in [0.2, 0.25) is 0 Å². The molecule has 3 rings (SSSR count). The number of aromatic nitrogens is 2. The lowest BCUT2D eigenvalue weighted by molar-refractivity contribution is 0.0743.